The van der Waals surface area contributed by atoms with E-state index < -0.39 is 11.7 Å². The van der Waals surface area contributed by atoms with Crippen LogP contribution in [0.2, 0.25) is 0 Å². The highest BCUT2D eigenvalue weighted by Crippen LogP contribution is 2.30. The lowest BCUT2D eigenvalue weighted by atomic mass is 9.91. The molecule has 0 radical (unpaired) electrons. The number of aliphatic hydroxyl groups excluding tert-OH is 1. The summed E-state index contributed by atoms with van der Waals surface area (Å²) in [6.07, 6.45) is -0.0507. The van der Waals surface area contributed by atoms with Crippen LogP contribution in [0.3, 0.4) is 0 Å². The van der Waals surface area contributed by atoms with E-state index in [-0.39, 0.29) is 0 Å². The fourth-order valence-electron chi connectivity index (χ4n) is 2.67. The number of hydrogen-bond acceptors (Lipinski definition) is 4. The Morgan fingerprint density at radius 1 is 1.24 bits per heavy atom. The molecule has 0 spiro atoms. The molecule has 0 aliphatic carbocycles. The van der Waals surface area contributed by atoms with Gasteiger partial charge in [-0.3, -0.25) is 4.90 Å². The zero-order valence-electron chi connectivity index (χ0n) is 12.2. The minimum atomic E-state index is -0.943. The Morgan fingerprint density at radius 2 is 2.00 bits per heavy atom. The number of aliphatic hydroxyl groups is 2. The second-order valence-electron chi connectivity index (χ2n) is 5.99. The molecule has 4 heteroatoms. The van der Waals surface area contributed by atoms with E-state index in [1.165, 1.54) is 15.3 Å². The van der Waals surface area contributed by atoms with Gasteiger partial charge in [-0.05, 0) is 31.0 Å². The van der Waals surface area contributed by atoms with Gasteiger partial charge in [-0.25, -0.2) is 0 Å². The molecule has 3 nitrogen and oxygen atoms in total. The molecule has 0 amide bonds. The number of β-amino-alcohol motifs (C(OH)–C–C–N with tert-alkyl or cyclic N) is 1. The fraction of sp³-hybridized carbons (Fsp3) is 0.412. The molecule has 1 aromatic carbocycles. The van der Waals surface area contributed by atoms with Gasteiger partial charge in [0.2, 0.25) is 0 Å². The van der Waals surface area contributed by atoms with E-state index in [2.05, 4.69) is 41.3 Å². The van der Waals surface area contributed by atoms with E-state index in [0.29, 0.717) is 13.0 Å². The summed E-state index contributed by atoms with van der Waals surface area (Å²) in [5.41, 5.74) is 0.302. The standard InChI is InChI=1S/C17H21NO2S/c1-17(20)9-10-18(12-16(17)19)11-14-7-8-15(21-14)13-5-3-2-4-6-13/h2-8,16,19-20H,9-12H2,1H3/t16-,17-/m0/s1. The summed E-state index contributed by atoms with van der Waals surface area (Å²) in [7, 11) is 0. The Morgan fingerprint density at radius 3 is 2.71 bits per heavy atom. The lowest BCUT2D eigenvalue weighted by Gasteiger charge is -2.39. The summed E-state index contributed by atoms with van der Waals surface area (Å²) in [6.45, 7) is 3.91. The van der Waals surface area contributed by atoms with Crippen LogP contribution < -0.4 is 0 Å². The fourth-order valence-corrected chi connectivity index (χ4v) is 3.72. The van der Waals surface area contributed by atoms with Crippen molar-refractivity contribution < 1.29 is 10.2 Å². The molecule has 2 heterocycles. The predicted molar refractivity (Wildman–Crippen MR) is 86.3 cm³/mol. The molecule has 2 N–H and O–H groups in total. The van der Waals surface area contributed by atoms with E-state index in [4.69, 9.17) is 0 Å². The molecule has 2 aromatic rings. The largest absolute Gasteiger partial charge is 0.389 e. The van der Waals surface area contributed by atoms with Crippen molar-refractivity contribution in [3.05, 3.63) is 47.3 Å². The van der Waals surface area contributed by atoms with Crippen LogP contribution >= 0.6 is 11.3 Å². The second kappa shape index (κ2) is 5.89. The minimum absolute atomic E-state index is 0.533. The number of thiophene rings is 1. The zero-order chi connectivity index (χ0) is 14.9. The van der Waals surface area contributed by atoms with Gasteiger partial charge >= 0.3 is 0 Å². The average Bonchev–Trinajstić information content (AvgIpc) is 2.93. The molecule has 2 atom stereocenters. The first kappa shape index (κ1) is 14.7. The molecule has 1 fully saturated rings. The maximum Gasteiger partial charge on any atom is 0.0951 e. The summed E-state index contributed by atoms with van der Waals surface area (Å²) in [5.74, 6) is 0. The summed E-state index contributed by atoms with van der Waals surface area (Å²) in [4.78, 5) is 4.78. The van der Waals surface area contributed by atoms with Crippen LogP contribution in [0.4, 0.5) is 0 Å². The summed E-state index contributed by atoms with van der Waals surface area (Å²) in [6, 6.07) is 14.7. The first-order chi connectivity index (χ1) is 10.0. The molecule has 112 valence electrons. The zero-order valence-corrected chi connectivity index (χ0v) is 13.0. The molecular weight excluding hydrogens is 282 g/mol. The number of likely N-dealkylation sites (tertiary alicyclic amines) is 1. The Bertz CT molecular complexity index is 594. The molecule has 1 aromatic heterocycles. The van der Waals surface area contributed by atoms with E-state index in [9.17, 15) is 10.2 Å². The maximum atomic E-state index is 10.0. The molecule has 0 unspecified atom stereocenters. The Labute approximate surface area is 129 Å². The lowest BCUT2D eigenvalue weighted by Crippen LogP contribution is -2.53. The Balaban J connectivity index is 1.66. The quantitative estimate of drug-likeness (QED) is 0.916. The third-order valence-electron chi connectivity index (χ3n) is 4.18. The first-order valence-corrected chi connectivity index (χ1v) is 8.13. The van der Waals surface area contributed by atoms with Gasteiger partial charge in [0.25, 0.3) is 0 Å². The summed E-state index contributed by atoms with van der Waals surface area (Å²) < 4.78 is 0. The molecule has 21 heavy (non-hydrogen) atoms. The van der Waals surface area contributed by atoms with Gasteiger partial charge in [0.1, 0.15) is 0 Å². The number of piperidine rings is 1. The highest BCUT2D eigenvalue weighted by Gasteiger charge is 2.36. The Hall–Kier alpha value is -1.20. The SMILES string of the molecule is C[C@]1(O)CCN(Cc2ccc(-c3ccccc3)s2)C[C@@H]1O. The molecule has 0 saturated carbocycles. The minimum Gasteiger partial charge on any atom is -0.389 e. The summed E-state index contributed by atoms with van der Waals surface area (Å²) in [5, 5.41) is 20.0. The topological polar surface area (TPSA) is 43.7 Å². The van der Waals surface area contributed by atoms with Gasteiger partial charge < -0.3 is 10.2 Å². The normalized spacial score (nSPS) is 26.9. The first-order valence-electron chi connectivity index (χ1n) is 7.31. The summed E-state index contributed by atoms with van der Waals surface area (Å²) >= 11 is 1.79. The van der Waals surface area contributed by atoms with Crippen LogP contribution in [0.5, 0.6) is 0 Å². The van der Waals surface area contributed by atoms with Crippen molar-refractivity contribution in [2.45, 2.75) is 31.6 Å². The van der Waals surface area contributed by atoms with E-state index in [1.54, 1.807) is 18.3 Å². The molecule has 0 bridgehead atoms. The van der Waals surface area contributed by atoms with Crippen LogP contribution in [0.1, 0.15) is 18.2 Å². The lowest BCUT2D eigenvalue weighted by molar-refractivity contribution is -0.108. The van der Waals surface area contributed by atoms with Gasteiger partial charge in [0.15, 0.2) is 0 Å². The molecular formula is C17H21NO2S. The van der Waals surface area contributed by atoms with Gasteiger partial charge in [-0.2, -0.15) is 0 Å². The van der Waals surface area contributed by atoms with Crippen molar-refractivity contribution in [1.82, 2.24) is 4.90 Å². The van der Waals surface area contributed by atoms with Crippen LogP contribution in [-0.2, 0) is 6.54 Å². The number of rotatable bonds is 3. The van der Waals surface area contributed by atoms with Crippen molar-refractivity contribution >= 4 is 11.3 Å². The number of nitrogens with zero attached hydrogens (tertiary/aromatic N) is 1. The third kappa shape index (κ3) is 3.35. The number of hydrogen-bond donors (Lipinski definition) is 2. The van der Waals surface area contributed by atoms with Crippen LogP contribution in [0.15, 0.2) is 42.5 Å². The van der Waals surface area contributed by atoms with Gasteiger partial charge in [-0.1, -0.05) is 30.3 Å². The predicted octanol–water partition coefficient (Wildman–Crippen LogP) is 2.73. The van der Waals surface area contributed by atoms with Crippen LogP contribution in [-0.4, -0.2) is 39.9 Å². The van der Waals surface area contributed by atoms with Crippen LogP contribution in [0.25, 0.3) is 10.4 Å². The van der Waals surface area contributed by atoms with E-state index in [0.717, 1.165) is 13.1 Å². The molecule has 1 aliphatic heterocycles. The van der Waals surface area contributed by atoms with Crippen molar-refractivity contribution in [2.24, 2.45) is 0 Å². The third-order valence-corrected chi connectivity index (χ3v) is 5.30. The smallest absolute Gasteiger partial charge is 0.0951 e. The monoisotopic (exact) mass is 303 g/mol. The Kier molecular flexibility index (Phi) is 4.13. The van der Waals surface area contributed by atoms with Crippen molar-refractivity contribution in [3.8, 4) is 10.4 Å². The van der Waals surface area contributed by atoms with E-state index >= 15 is 0 Å². The number of benzene rings is 1. The maximum absolute atomic E-state index is 10.0. The van der Waals surface area contributed by atoms with Crippen molar-refractivity contribution in [2.75, 3.05) is 13.1 Å². The molecule has 1 aliphatic rings. The van der Waals surface area contributed by atoms with Crippen molar-refractivity contribution in [3.63, 3.8) is 0 Å². The van der Waals surface area contributed by atoms with Gasteiger partial charge in [0, 0.05) is 29.4 Å². The van der Waals surface area contributed by atoms with Gasteiger partial charge in [0.05, 0.1) is 11.7 Å². The highest BCUT2D eigenvalue weighted by atomic mass is 32.1. The van der Waals surface area contributed by atoms with Crippen molar-refractivity contribution in [1.29, 1.82) is 0 Å². The van der Waals surface area contributed by atoms with Crippen LogP contribution in [0, 0.1) is 0 Å². The average molecular weight is 303 g/mol. The van der Waals surface area contributed by atoms with E-state index in [1.807, 2.05) is 6.07 Å². The second-order valence-corrected chi connectivity index (χ2v) is 7.16. The molecule has 3 rings (SSSR count). The molecule has 1 saturated heterocycles. The van der Waals surface area contributed by atoms with Gasteiger partial charge in [-0.15, -0.1) is 11.3 Å². The highest BCUT2D eigenvalue weighted by molar-refractivity contribution is 7.15.